The van der Waals surface area contributed by atoms with Crippen molar-refractivity contribution in [3.8, 4) is 17.4 Å². The highest BCUT2D eigenvalue weighted by atomic mass is 16.5. The molecule has 5 heteroatoms. The van der Waals surface area contributed by atoms with Gasteiger partial charge < -0.3 is 14.8 Å². The number of ether oxygens (including phenoxy) is 2. The SMILES string of the molecule is CCCNc1ncnc(Oc2ccc(C)c(C)c2)c1OC. The number of hydrogen-bond donors (Lipinski definition) is 1. The average molecular weight is 287 g/mol. The molecule has 1 heterocycles. The second-order valence-electron chi connectivity index (χ2n) is 4.84. The summed E-state index contributed by atoms with van der Waals surface area (Å²) >= 11 is 0. The second-order valence-corrected chi connectivity index (χ2v) is 4.84. The molecule has 0 saturated heterocycles. The minimum Gasteiger partial charge on any atom is -0.489 e. The number of aromatic nitrogens is 2. The predicted molar refractivity (Wildman–Crippen MR) is 83.4 cm³/mol. The highest BCUT2D eigenvalue weighted by molar-refractivity contribution is 5.56. The summed E-state index contributed by atoms with van der Waals surface area (Å²) in [4.78, 5) is 8.36. The smallest absolute Gasteiger partial charge is 0.268 e. The lowest BCUT2D eigenvalue weighted by Crippen LogP contribution is -2.06. The minimum atomic E-state index is 0.411. The Kier molecular flexibility index (Phi) is 4.98. The van der Waals surface area contributed by atoms with Crippen molar-refractivity contribution in [3.63, 3.8) is 0 Å². The van der Waals surface area contributed by atoms with Gasteiger partial charge in [-0.3, -0.25) is 0 Å². The Morgan fingerprint density at radius 2 is 1.95 bits per heavy atom. The number of nitrogens with zero attached hydrogens (tertiary/aromatic N) is 2. The van der Waals surface area contributed by atoms with Gasteiger partial charge in [0.2, 0.25) is 5.75 Å². The van der Waals surface area contributed by atoms with Crippen LogP contribution in [0, 0.1) is 13.8 Å². The molecule has 0 atom stereocenters. The Labute approximate surface area is 125 Å². The molecule has 2 aromatic rings. The van der Waals surface area contributed by atoms with Crippen molar-refractivity contribution in [2.45, 2.75) is 27.2 Å². The molecule has 2 rings (SSSR count). The number of hydrogen-bond acceptors (Lipinski definition) is 5. The van der Waals surface area contributed by atoms with Crippen LogP contribution in [0.4, 0.5) is 5.82 Å². The van der Waals surface area contributed by atoms with Crippen molar-refractivity contribution in [1.82, 2.24) is 9.97 Å². The van der Waals surface area contributed by atoms with Crippen molar-refractivity contribution in [3.05, 3.63) is 35.7 Å². The fourth-order valence-corrected chi connectivity index (χ4v) is 1.87. The molecular weight excluding hydrogens is 266 g/mol. The third-order valence-electron chi connectivity index (χ3n) is 3.21. The molecule has 1 aromatic heterocycles. The standard InChI is InChI=1S/C16H21N3O2/c1-5-8-17-15-14(20-4)16(19-10-18-15)21-13-7-6-11(2)12(3)9-13/h6-7,9-10H,5,8H2,1-4H3,(H,17,18,19). The van der Waals surface area contributed by atoms with Gasteiger partial charge in [0.25, 0.3) is 5.88 Å². The maximum Gasteiger partial charge on any atom is 0.268 e. The molecular formula is C16H21N3O2. The highest BCUT2D eigenvalue weighted by Crippen LogP contribution is 2.34. The molecule has 0 radical (unpaired) electrons. The Hall–Kier alpha value is -2.30. The van der Waals surface area contributed by atoms with Crippen LogP contribution in [0.3, 0.4) is 0 Å². The van der Waals surface area contributed by atoms with Crippen LogP contribution >= 0.6 is 0 Å². The maximum atomic E-state index is 5.84. The Morgan fingerprint density at radius 3 is 2.62 bits per heavy atom. The second kappa shape index (κ2) is 6.92. The zero-order valence-electron chi connectivity index (χ0n) is 12.9. The molecule has 0 aliphatic rings. The van der Waals surface area contributed by atoms with Gasteiger partial charge in [-0.2, -0.15) is 4.98 Å². The predicted octanol–water partition coefficient (Wildman–Crippen LogP) is 3.72. The summed E-state index contributed by atoms with van der Waals surface area (Å²) in [6.07, 6.45) is 2.47. The maximum absolute atomic E-state index is 5.84. The van der Waals surface area contributed by atoms with Gasteiger partial charge in [0.1, 0.15) is 12.1 Å². The van der Waals surface area contributed by atoms with E-state index >= 15 is 0 Å². The van der Waals surface area contributed by atoms with Crippen molar-refractivity contribution < 1.29 is 9.47 Å². The van der Waals surface area contributed by atoms with Crippen LogP contribution in [0.5, 0.6) is 17.4 Å². The lowest BCUT2D eigenvalue weighted by Gasteiger charge is -2.13. The van der Waals surface area contributed by atoms with E-state index in [9.17, 15) is 0 Å². The van der Waals surface area contributed by atoms with Crippen molar-refractivity contribution in [1.29, 1.82) is 0 Å². The first-order valence-corrected chi connectivity index (χ1v) is 7.03. The molecule has 0 unspecified atom stereocenters. The summed E-state index contributed by atoms with van der Waals surface area (Å²) in [6, 6.07) is 5.92. The minimum absolute atomic E-state index is 0.411. The van der Waals surface area contributed by atoms with Gasteiger partial charge in [-0.1, -0.05) is 13.0 Å². The quantitative estimate of drug-likeness (QED) is 0.877. The molecule has 0 bridgehead atoms. The van der Waals surface area contributed by atoms with Gasteiger partial charge in [-0.15, -0.1) is 0 Å². The topological polar surface area (TPSA) is 56.3 Å². The van der Waals surface area contributed by atoms with E-state index < -0.39 is 0 Å². The van der Waals surface area contributed by atoms with E-state index in [2.05, 4.69) is 29.1 Å². The van der Waals surface area contributed by atoms with Crippen LogP contribution in [0.1, 0.15) is 24.5 Å². The van der Waals surface area contributed by atoms with Crippen molar-refractivity contribution >= 4 is 5.82 Å². The van der Waals surface area contributed by atoms with E-state index in [-0.39, 0.29) is 0 Å². The van der Waals surface area contributed by atoms with Gasteiger partial charge in [0, 0.05) is 6.54 Å². The van der Waals surface area contributed by atoms with Gasteiger partial charge in [0.05, 0.1) is 7.11 Å². The van der Waals surface area contributed by atoms with E-state index in [1.807, 2.05) is 25.1 Å². The van der Waals surface area contributed by atoms with Gasteiger partial charge in [0.15, 0.2) is 5.82 Å². The molecule has 1 N–H and O–H groups in total. The number of anilines is 1. The van der Waals surface area contributed by atoms with Gasteiger partial charge >= 0.3 is 0 Å². The molecule has 0 saturated carbocycles. The molecule has 0 amide bonds. The van der Waals surface area contributed by atoms with Crippen molar-refractivity contribution in [2.24, 2.45) is 0 Å². The molecule has 0 aliphatic heterocycles. The number of nitrogens with one attached hydrogen (secondary N) is 1. The van der Waals surface area contributed by atoms with E-state index in [1.165, 1.54) is 17.5 Å². The number of rotatable bonds is 6. The fourth-order valence-electron chi connectivity index (χ4n) is 1.87. The van der Waals surface area contributed by atoms with Gasteiger partial charge in [-0.25, -0.2) is 4.98 Å². The lowest BCUT2D eigenvalue weighted by atomic mass is 10.1. The van der Waals surface area contributed by atoms with E-state index in [4.69, 9.17) is 9.47 Å². The molecule has 21 heavy (non-hydrogen) atoms. The molecule has 1 aromatic carbocycles. The monoisotopic (exact) mass is 287 g/mol. The molecule has 5 nitrogen and oxygen atoms in total. The highest BCUT2D eigenvalue weighted by Gasteiger charge is 2.14. The summed E-state index contributed by atoms with van der Waals surface area (Å²) < 4.78 is 11.2. The molecule has 0 aliphatic carbocycles. The van der Waals surface area contributed by atoms with Crippen LogP contribution < -0.4 is 14.8 Å². The van der Waals surface area contributed by atoms with Crippen molar-refractivity contribution in [2.75, 3.05) is 19.0 Å². The van der Waals surface area contributed by atoms with Gasteiger partial charge in [-0.05, 0) is 43.5 Å². The number of benzene rings is 1. The third-order valence-corrected chi connectivity index (χ3v) is 3.21. The Balaban J connectivity index is 2.28. The van der Waals surface area contributed by atoms with Crippen LogP contribution in [0.15, 0.2) is 24.5 Å². The molecule has 0 fully saturated rings. The first kappa shape index (κ1) is 15.1. The summed E-state index contributed by atoms with van der Waals surface area (Å²) in [5.41, 5.74) is 2.40. The van der Waals surface area contributed by atoms with E-state index in [0.29, 0.717) is 17.4 Å². The Morgan fingerprint density at radius 1 is 1.14 bits per heavy atom. The number of methoxy groups -OCH3 is 1. The first-order chi connectivity index (χ1) is 10.2. The fraction of sp³-hybridized carbons (Fsp3) is 0.375. The largest absolute Gasteiger partial charge is 0.489 e. The zero-order chi connectivity index (χ0) is 15.2. The molecule has 112 valence electrons. The summed E-state index contributed by atoms with van der Waals surface area (Å²) in [5, 5.41) is 3.20. The summed E-state index contributed by atoms with van der Waals surface area (Å²) in [7, 11) is 1.59. The summed E-state index contributed by atoms with van der Waals surface area (Å²) in [5.74, 6) is 2.31. The van der Waals surface area contributed by atoms with Crippen LogP contribution in [0.25, 0.3) is 0 Å². The van der Waals surface area contributed by atoms with E-state index in [0.717, 1.165) is 18.7 Å². The average Bonchev–Trinajstić information content (AvgIpc) is 2.49. The Bertz CT molecular complexity index is 614. The lowest BCUT2D eigenvalue weighted by molar-refractivity contribution is 0.369. The van der Waals surface area contributed by atoms with E-state index in [1.54, 1.807) is 7.11 Å². The van der Waals surface area contributed by atoms with Crippen LogP contribution in [0.2, 0.25) is 0 Å². The molecule has 0 spiro atoms. The summed E-state index contributed by atoms with van der Waals surface area (Å²) in [6.45, 7) is 7.02. The normalized spacial score (nSPS) is 10.3. The third kappa shape index (κ3) is 3.62. The van der Waals surface area contributed by atoms with Crippen LogP contribution in [-0.4, -0.2) is 23.6 Å². The first-order valence-electron chi connectivity index (χ1n) is 7.03. The van der Waals surface area contributed by atoms with Crippen LogP contribution in [-0.2, 0) is 0 Å². The number of aryl methyl sites for hydroxylation is 2. The zero-order valence-corrected chi connectivity index (χ0v) is 12.9.